The Morgan fingerprint density at radius 2 is 1.61 bits per heavy atom. The number of hydrogen-bond donors (Lipinski definition) is 4. The normalized spacial score (nSPS) is 14.8. The standard InChI is InChI=1S/C16H16N4O3/c17-18-14(22)16(7-8-16)15(23)20-19-13(21)12-6-5-10-3-1-2-4-11(10)9-12/h1-6,9H,7-8,17H2,(H,18,22)(H,19,21)(H,20,23). The Morgan fingerprint density at radius 1 is 0.913 bits per heavy atom. The van der Waals surface area contributed by atoms with E-state index >= 15 is 0 Å². The average Bonchev–Trinajstić information content (AvgIpc) is 3.40. The fourth-order valence-corrected chi connectivity index (χ4v) is 2.46. The molecular formula is C16H16N4O3. The van der Waals surface area contributed by atoms with Gasteiger partial charge in [0.15, 0.2) is 0 Å². The zero-order chi connectivity index (χ0) is 16.4. The Kier molecular flexibility index (Phi) is 3.71. The quantitative estimate of drug-likeness (QED) is 0.284. The Hall–Kier alpha value is -2.93. The number of hydrazine groups is 2. The summed E-state index contributed by atoms with van der Waals surface area (Å²) in [6, 6.07) is 12.9. The summed E-state index contributed by atoms with van der Waals surface area (Å²) >= 11 is 0. The third-order valence-corrected chi connectivity index (χ3v) is 4.05. The second-order valence-corrected chi connectivity index (χ2v) is 5.53. The first-order valence-electron chi connectivity index (χ1n) is 7.17. The minimum absolute atomic E-state index is 0.410. The molecule has 7 nitrogen and oxygen atoms in total. The van der Waals surface area contributed by atoms with Gasteiger partial charge in [0, 0.05) is 5.56 Å². The summed E-state index contributed by atoms with van der Waals surface area (Å²) < 4.78 is 0. The van der Waals surface area contributed by atoms with E-state index in [0.717, 1.165) is 10.8 Å². The number of fused-ring (bicyclic) bond motifs is 1. The van der Waals surface area contributed by atoms with Gasteiger partial charge in [-0.25, -0.2) is 5.84 Å². The minimum atomic E-state index is -1.16. The molecule has 1 aliphatic carbocycles. The molecule has 3 rings (SSSR count). The predicted octanol–water partition coefficient (Wildman–Crippen LogP) is 0.371. The number of amides is 3. The number of rotatable bonds is 3. The van der Waals surface area contributed by atoms with Crippen LogP contribution in [0.1, 0.15) is 23.2 Å². The first-order chi connectivity index (χ1) is 11.1. The van der Waals surface area contributed by atoms with Crippen molar-refractivity contribution in [3.8, 4) is 0 Å². The van der Waals surface area contributed by atoms with Crippen LogP contribution in [0, 0.1) is 5.41 Å². The monoisotopic (exact) mass is 312 g/mol. The third-order valence-electron chi connectivity index (χ3n) is 4.05. The van der Waals surface area contributed by atoms with Crippen molar-refractivity contribution in [2.24, 2.45) is 11.3 Å². The van der Waals surface area contributed by atoms with Crippen molar-refractivity contribution in [3.05, 3.63) is 48.0 Å². The SMILES string of the molecule is NNC(=O)C1(C(=O)NNC(=O)c2ccc3ccccc3c2)CC1. The molecule has 0 radical (unpaired) electrons. The topological polar surface area (TPSA) is 113 Å². The second kappa shape index (κ2) is 5.69. The van der Waals surface area contributed by atoms with Crippen LogP contribution in [-0.4, -0.2) is 17.7 Å². The van der Waals surface area contributed by atoms with Crippen molar-refractivity contribution in [3.63, 3.8) is 0 Å². The summed E-state index contributed by atoms with van der Waals surface area (Å²) in [4.78, 5) is 35.8. The predicted molar refractivity (Wildman–Crippen MR) is 83.6 cm³/mol. The second-order valence-electron chi connectivity index (χ2n) is 5.53. The van der Waals surface area contributed by atoms with Crippen LogP contribution in [0.4, 0.5) is 0 Å². The van der Waals surface area contributed by atoms with Gasteiger partial charge in [0.2, 0.25) is 5.91 Å². The maximum absolute atomic E-state index is 12.1. The van der Waals surface area contributed by atoms with Crippen LogP contribution in [0.2, 0.25) is 0 Å². The van der Waals surface area contributed by atoms with Gasteiger partial charge in [0.05, 0.1) is 0 Å². The van der Waals surface area contributed by atoms with E-state index in [1.54, 1.807) is 12.1 Å². The number of hydrogen-bond acceptors (Lipinski definition) is 4. The molecule has 1 fully saturated rings. The lowest BCUT2D eigenvalue weighted by molar-refractivity contribution is -0.137. The lowest BCUT2D eigenvalue weighted by atomic mass is 10.1. The highest BCUT2D eigenvalue weighted by Crippen LogP contribution is 2.45. The van der Waals surface area contributed by atoms with Gasteiger partial charge in [0.1, 0.15) is 5.41 Å². The highest BCUT2D eigenvalue weighted by Gasteiger charge is 2.56. The van der Waals surface area contributed by atoms with Crippen LogP contribution in [0.15, 0.2) is 42.5 Å². The van der Waals surface area contributed by atoms with Gasteiger partial charge < -0.3 is 0 Å². The van der Waals surface area contributed by atoms with Gasteiger partial charge in [-0.15, -0.1) is 0 Å². The molecule has 1 aliphatic rings. The van der Waals surface area contributed by atoms with E-state index in [1.807, 2.05) is 35.8 Å². The van der Waals surface area contributed by atoms with Gasteiger partial charge in [0.25, 0.3) is 11.8 Å². The lowest BCUT2D eigenvalue weighted by Crippen LogP contribution is -2.50. The zero-order valence-electron chi connectivity index (χ0n) is 12.3. The average molecular weight is 312 g/mol. The molecule has 23 heavy (non-hydrogen) atoms. The van der Waals surface area contributed by atoms with Gasteiger partial charge in [-0.1, -0.05) is 30.3 Å². The lowest BCUT2D eigenvalue weighted by Gasteiger charge is -2.14. The fraction of sp³-hybridized carbons (Fsp3) is 0.188. The molecule has 0 atom stereocenters. The minimum Gasteiger partial charge on any atom is -0.293 e. The smallest absolute Gasteiger partial charge is 0.269 e. The highest BCUT2D eigenvalue weighted by molar-refractivity contribution is 6.08. The van der Waals surface area contributed by atoms with E-state index in [4.69, 9.17) is 5.84 Å². The molecule has 118 valence electrons. The van der Waals surface area contributed by atoms with Crippen molar-refractivity contribution in [1.29, 1.82) is 0 Å². The maximum atomic E-state index is 12.1. The Balaban J connectivity index is 1.67. The highest BCUT2D eigenvalue weighted by atomic mass is 16.2. The molecule has 0 unspecified atom stereocenters. The summed E-state index contributed by atoms with van der Waals surface area (Å²) in [7, 11) is 0. The summed E-state index contributed by atoms with van der Waals surface area (Å²) in [5, 5.41) is 1.94. The Bertz CT molecular complexity index is 799. The zero-order valence-corrected chi connectivity index (χ0v) is 12.3. The molecule has 0 spiro atoms. The van der Waals surface area contributed by atoms with Crippen molar-refractivity contribution in [1.82, 2.24) is 16.3 Å². The maximum Gasteiger partial charge on any atom is 0.269 e. The molecule has 2 aromatic carbocycles. The summed E-state index contributed by atoms with van der Waals surface area (Å²) in [5.41, 5.74) is 5.85. The molecule has 0 aliphatic heterocycles. The first-order valence-corrected chi connectivity index (χ1v) is 7.17. The third kappa shape index (κ3) is 2.74. The van der Waals surface area contributed by atoms with Crippen LogP contribution >= 0.6 is 0 Å². The fourth-order valence-electron chi connectivity index (χ4n) is 2.46. The molecule has 7 heteroatoms. The van der Waals surface area contributed by atoms with Crippen LogP contribution in [-0.2, 0) is 9.59 Å². The number of nitrogens with one attached hydrogen (secondary N) is 3. The molecule has 5 N–H and O–H groups in total. The largest absolute Gasteiger partial charge is 0.293 e. The molecule has 0 bridgehead atoms. The molecule has 1 saturated carbocycles. The van der Waals surface area contributed by atoms with Gasteiger partial charge in [-0.2, -0.15) is 0 Å². The van der Waals surface area contributed by atoms with Crippen molar-refractivity contribution < 1.29 is 14.4 Å². The Morgan fingerprint density at radius 3 is 2.26 bits per heavy atom. The molecule has 0 aromatic heterocycles. The van der Waals surface area contributed by atoms with Crippen LogP contribution in [0.25, 0.3) is 10.8 Å². The van der Waals surface area contributed by atoms with Crippen molar-refractivity contribution in [2.75, 3.05) is 0 Å². The molecular weight excluding hydrogens is 296 g/mol. The first kappa shape index (κ1) is 15.0. The van der Waals surface area contributed by atoms with Crippen LogP contribution in [0.3, 0.4) is 0 Å². The van der Waals surface area contributed by atoms with Crippen LogP contribution < -0.4 is 22.1 Å². The van der Waals surface area contributed by atoms with E-state index in [1.165, 1.54) is 0 Å². The van der Waals surface area contributed by atoms with E-state index < -0.39 is 23.1 Å². The van der Waals surface area contributed by atoms with Gasteiger partial charge in [-0.05, 0) is 35.7 Å². The van der Waals surface area contributed by atoms with Gasteiger partial charge >= 0.3 is 0 Å². The number of carbonyl (C=O) groups is 3. The summed E-state index contributed by atoms with van der Waals surface area (Å²) in [6.07, 6.45) is 0.821. The number of nitrogens with two attached hydrogens (primary N) is 1. The molecule has 0 saturated heterocycles. The number of benzene rings is 2. The molecule has 0 heterocycles. The van der Waals surface area contributed by atoms with Crippen LogP contribution in [0.5, 0.6) is 0 Å². The van der Waals surface area contributed by atoms with Crippen molar-refractivity contribution >= 4 is 28.5 Å². The number of carbonyl (C=O) groups excluding carboxylic acids is 3. The van der Waals surface area contributed by atoms with E-state index in [-0.39, 0.29) is 0 Å². The molecule has 3 amide bonds. The molecule has 2 aromatic rings. The van der Waals surface area contributed by atoms with Crippen molar-refractivity contribution in [2.45, 2.75) is 12.8 Å². The van der Waals surface area contributed by atoms with E-state index in [9.17, 15) is 14.4 Å². The summed E-state index contributed by atoms with van der Waals surface area (Å²) in [6.45, 7) is 0. The van der Waals surface area contributed by atoms with Gasteiger partial charge in [-0.3, -0.25) is 30.7 Å². The Labute approximate surface area is 132 Å². The van der Waals surface area contributed by atoms with E-state index in [2.05, 4.69) is 10.9 Å². The summed E-state index contributed by atoms with van der Waals surface area (Å²) in [5.74, 6) is 3.51. The van der Waals surface area contributed by atoms with E-state index in [0.29, 0.717) is 18.4 Å².